The molecule has 3 nitrogen and oxygen atoms in total. The van der Waals surface area contributed by atoms with Crippen molar-refractivity contribution in [1.29, 1.82) is 0 Å². The molecule has 1 N–H and O–H groups in total. The average molecular weight is 289 g/mol. The molecule has 116 valence electrons. The van der Waals surface area contributed by atoms with Gasteiger partial charge >= 0.3 is 0 Å². The van der Waals surface area contributed by atoms with Gasteiger partial charge < -0.3 is 14.8 Å². The summed E-state index contributed by atoms with van der Waals surface area (Å²) >= 11 is 0. The quantitative estimate of drug-likeness (QED) is 0.781. The third kappa shape index (κ3) is 2.95. The summed E-state index contributed by atoms with van der Waals surface area (Å²) in [5, 5.41) is 3.68. The molecule has 2 fully saturated rings. The van der Waals surface area contributed by atoms with Gasteiger partial charge in [0.2, 0.25) is 0 Å². The molecule has 0 radical (unpaired) electrons. The Hall–Kier alpha value is -1.06. The lowest BCUT2D eigenvalue weighted by Gasteiger charge is -2.61. The molecule has 1 aromatic carbocycles. The molecule has 0 bridgehead atoms. The van der Waals surface area contributed by atoms with E-state index in [0.29, 0.717) is 17.6 Å². The van der Waals surface area contributed by atoms with E-state index in [-0.39, 0.29) is 0 Å². The molecule has 2 atom stereocenters. The summed E-state index contributed by atoms with van der Waals surface area (Å²) in [6, 6.07) is 8.87. The Kier molecular flexibility index (Phi) is 4.51. The Bertz CT molecular complexity index is 470. The van der Waals surface area contributed by atoms with Gasteiger partial charge in [0.05, 0.1) is 6.10 Å². The zero-order valence-electron chi connectivity index (χ0n) is 13.2. The number of rotatable bonds is 7. The van der Waals surface area contributed by atoms with Crippen LogP contribution < -0.4 is 10.1 Å². The van der Waals surface area contributed by atoms with Crippen molar-refractivity contribution < 1.29 is 9.47 Å². The van der Waals surface area contributed by atoms with Crippen molar-refractivity contribution in [3.05, 3.63) is 29.8 Å². The molecule has 2 saturated carbocycles. The monoisotopic (exact) mass is 289 g/mol. The smallest absolute Gasteiger partial charge is 0.119 e. The summed E-state index contributed by atoms with van der Waals surface area (Å²) < 4.78 is 11.7. The largest absolute Gasteiger partial charge is 0.492 e. The molecule has 2 aliphatic carbocycles. The van der Waals surface area contributed by atoms with E-state index in [1.54, 1.807) is 0 Å². The molecular formula is C18H27NO2. The first kappa shape index (κ1) is 14.9. The molecule has 0 heterocycles. The third-order valence-corrected chi connectivity index (χ3v) is 5.19. The first-order valence-electron chi connectivity index (χ1n) is 8.29. The highest BCUT2D eigenvalue weighted by Gasteiger charge is 2.58. The fourth-order valence-electron chi connectivity index (χ4n) is 3.83. The topological polar surface area (TPSA) is 30.5 Å². The minimum absolute atomic E-state index is 0.444. The molecule has 1 aromatic rings. The highest BCUT2D eigenvalue weighted by Crippen LogP contribution is 2.57. The number of hydrogen-bond acceptors (Lipinski definition) is 3. The first-order valence-corrected chi connectivity index (χ1v) is 8.29. The van der Waals surface area contributed by atoms with Crippen LogP contribution in [-0.4, -0.2) is 31.9 Å². The predicted octanol–water partition coefficient (Wildman–Crippen LogP) is 3.31. The molecule has 0 aliphatic heterocycles. The molecular weight excluding hydrogens is 262 g/mol. The van der Waals surface area contributed by atoms with Gasteiger partial charge in [-0.1, -0.05) is 18.6 Å². The van der Waals surface area contributed by atoms with Gasteiger partial charge in [-0.25, -0.2) is 0 Å². The van der Waals surface area contributed by atoms with Crippen molar-refractivity contribution >= 4 is 0 Å². The van der Waals surface area contributed by atoms with Crippen LogP contribution in [0, 0.1) is 12.3 Å². The minimum Gasteiger partial charge on any atom is -0.492 e. The van der Waals surface area contributed by atoms with Gasteiger partial charge in [-0.15, -0.1) is 0 Å². The highest BCUT2D eigenvalue weighted by molar-refractivity contribution is 5.27. The van der Waals surface area contributed by atoms with E-state index in [0.717, 1.165) is 31.9 Å². The maximum atomic E-state index is 5.88. The fourth-order valence-corrected chi connectivity index (χ4v) is 3.83. The average Bonchev–Trinajstić information content (AvgIpc) is 2.39. The zero-order valence-corrected chi connectivity index (χ0v) is 13.2. The second kappa shape index (κ2) is 6.37. The first-order chi connectivity index (χ1) is 10.2. The third-order valence-electron chi connectivity index (χ3n) is 5.19. The minimum atomic E-state index is 0.444. The van der Waals surface area contributed by atoms with E-state index in [1.807, 2.05) is 12.1 Å². The molecule has 3 heteroatoms. The van der Waals surface area contributed by atoms with Crippen molar-refractivity contribution in [1.82, 2.24) is 5.32 Å². The van der Waals surface area contributed by atoms with Crippen molar-refractivity contribution in [3.8, 4) is 5.75 Å². The van der Waals surface area contributed by atoms with E-state index >= 15 is 0 Å². The van der Waals surface area contributed by atoms with Gasteiger partial charge in [0.25, 0.3) is 0 Å². The molecule has 2 aliphatic rings. The van der Waals surface area contributed by atoms with Crippen LogP contribution in [0.3, 0.4) is 0 Å². The van der Waals surface area contributed by atoms with Crippen molar-refractivity contribution in [3.63, 3.8) is 0 Å². The van der Waals surface area contributed by atoms with Gasteiger partial charge in [-0.3, -0.25) is 0 Å². The lowest BCUT2D eigenvalue weighted by Crippen LogP contribution is -2.67. The van der Waals surface area contributed by atoms with E-state index in [1.165, 1.54) is 24.8 Å². The Morgan fingerprint density at radius 3 is 2.86 bits per heavy atom. The zero-order chi connectivity index (χ0) is 14.7. The van der Waals surface area contributed by atoms with Crippen molar-refractivity contribution in [2.75, 3.05) is 19.8 Å². The molecule has 2 unspecified atom stereocenters. The lowest BCUT2D eigenvalue weighted by molar-refractivity contribution is -0.172. The van der Waals surface area contributed by atoms with Gasteiger partial charge in [0, 0.05) is 24.6 Å². The number of hydrogen-bond donors (Lipinski definition) is 1. The van der Waals surface area contributed by atoms with Crippen LogP contribution in [0.15, 0.2) is 24.3 Å². The van der Waals surface area contributed by atoms with Crippen LogP contribution in [0.5, 0.6) is 5.75 Å². The molecule has 3 rings (SSSR count). The van der Waals surface area contributed by atoms with Gasteiger partial charge in [0.1, 0.15) is 12.4 Å². The van der Waals surface area contributed by atoms with Crippen molar-refractivity contribution in [2.45, 2.75) is 51.7 Å². The number of aryl methyl sites for hydroxylation is 1. The van der Waals surface area contributed by atoms with Crippen LogP contribution in [0.25, 0.3) is 0 Å². The summed E-state index contributed by atoms with van der Waals surface area (Å²) in [7, 11) is 0. The van der Waals surface area contributed by atoms with Crippen LogP contribution in [0.4, 0.5) is 0 Å². The molecule has 0 saturated heterocycles. The van der Waals surface area contributed by atoms with Gasteiger partial charge in [-0.05, 0) is 50.8 Å². The molecule has 21 heavy (non-hydrogen) atoms. The second-order valence-electron chi connectivity index (χ2n) is 6.44. The summed E-state index contributed by atoms with van der Waals surface area (Å²) in [6.07, 6.45) is 5.67. The van der Waals surface area contributed by atoms with Crippen LogP contribution in [0.2, 0.25) is 0 Å². The highest BCUT2D eigenvalue weighted by atomic mass is 16.5. The number of benzene rings is 1. The lowest BCUT2D eigenvalue weighted by atomic mass is 9.51. The normalized spacial score (nSPS) is 26.2. The predicted molar refractivity (Wildman–Crippen MR) is 84.8 cm³/mol. The summed E-state index contributed by atoms with van der Waals surface area (Å²) in [5.41, 5.74) is 1.69. The maximum absolute atomic E-state index is 5.88. The Morgan fingerprint density at radius 1 is 1.33 bits per heavy atom. The van der Waals surface area contributed by atoms with Crippen molar-refractivity contribution in [2.24, 2.45) is 5.41 Å². The maximum Gasteiger partial charge on any atom is 0.119 e. The van der Waals surface area contributed by atoms with Gasteiger partial charge in [-0.2, -0.15) is 0 Å². The molecule has 0 aromatic heterocycles. The van der Waals surface area contributed by atoms with E-state index in [2.05, 4.69) is 31.3 Å². The summed E-state index contributed by atoms with van der Waals surface area (Å²) in [6.45, 7) is 6.68. The fraction of sp³-hybridized carbons (Fsp3) is 0.667. The van der Waals surface area contributed by atoms with Gasteiger partial charge in [0.15, 0.2) is 0 Å². The van der Waals surface area contributed by atoms with E-state index < -0.39 is 0 Å². The molecule has 1 spiro atoms. The Morgan fingerprint density at radius 2 is 2.19 bits per heavy atom. The number of ether oxygens (including phenoxy) is 2. The Balaban J connectivity index is 1.40. The standard InChI is InChI=1S/C18H27NO2/c1-3-20-17-13-16(18(17)8-5-9-18)19-10-11-21-15-7-4-6-14(2)12-15/h4,6-7,12,16-17,19H,3,5,8-11,13H2,1-2H3. The summed E-state index contributed by atoms with van der Waals surface area (Å²) in [4.78, 5) is 0. The van der Waals surface area contributed by atoms with Crippen LogP contribution in [0.1, 0.15) is 38.2 Å². The molecule has 0 amide bonds. The SMILES string of the molecule is CCOC1CC(NCCOc2cccc(C)c2)C12CCC2. The Labute approximate surface area is 128 Å². The number of nitrogens with one attached hydrogen (secondary N) is 1. The van der Waals surface area contributed by atoms with E-state index in [9.17, 15) is 0 Å². The van der Waals surface area contributed by atoms with Crippen LogP contribution in [-0.2, 0) is 4.74 Å². The summed E-state index contributed by atoms with van der Waals surface area (Å²) in [5.74, 6) is 0.968. The second-order valence-corrected chi connectivity index (χ2v) is 6.44. The van der Waals surface area contributed by atoms with E-state index in [4.69, 9.17) is 9.47 Å². The van der Waals surface area contributed by atoms with Crippen LogP contribution >= 0.6 is 0 Å².